The zero-order valence-electron chi connectivity index (χ0n) is 15.9. The Morgan fingerprint density at radius 2 is 1.81 bits per heavy atom. The minimum atomic E-state index is -0.229. The first-order valence-corrected chi connectivity index (χ1v) is 11.0. The van der Waals surface area contributed by atoms with Crippen LogP contribution in [0.2, 0.25) is 0 Å². The van der Waals surface area contributed by atoms with E-state index in [4.69, 9.17) is 0 Å². The molecule has 3 aliphatic rings. The number of aryl methyl sites for hydroxylation is 1. The van der Waals surface area contributed by atoms with Gasteiger partial charge in [-0.05, 0) is 38.3 Å². The van der Waals surface area contributed by atoms with Gasteiger partial charge in [0, 0.05) is 50.2 Å². The van der Waals surface area contributed by atoms with Gasteiger partial charge in [-0.3, -0.25) is 9.69 Å². The van der Waals surface area contributed by atoms with Gasteiger partial charge in [-0.1, -0.05) is 30.5 Å². The third kappa shape index (κ3) is 3.80. The van der Waals surface area contributed by atoms with Crippen molar-refractivity contribution in [2.75, 3.05) is 39.3 Å². The first kappa shape index (κ1) is 18.3. The number of benzene rings is 1. The Balaban J connectivity index is 1.44. The summed E-state index contributed by atoms with van der Waals surface area (Å²) < 4.78 is -0.229. The summed E-state index contributed by atoms with van der Waals surface area (Å²) in [4.78, 5) is 19.5. The molecule has 0 bridgehead atoms. The highest BCUT2D eigenvalue weighted by atomic mass is 32.2. The average Bonchev–Trinajstić information content (AvgIpc) is 3.34. The standard InChI is InChI=1S/C21H31N3OS/c1-17-4-6-19(7-5-17)26-21(9-2-3-10-21)20(25)24-13-8-18(16-24)23-14-11-22-12-15-23/h4-7,18,22H,2-3,8-16H2,1H3. The van der Waals surface area contributed by atoms with Gasteiger partial charge >= 0.3 is 0 Å². The number of hydrogen-bond donors (Lipinski definition) is 1. The summed E-state index contributed by atoms with van der Waals surface area (Å²) in [5, 5.41) is 3.43. The van der Waals surface area contributed by atoms with E-state index in [9.17, 15) is 4.79 Å². The second-order valence-electron chi connectivity index (χ2n) is 8.10. The van der Waals surface area contributed by atoms with Crippen LogP contribution in [0.4, 0.5) is 0 Å². The van der Waals surface area contributed by atoms with E-state index in [0.717, 1.165) is 58.5 Å². The number of likely N-dealkylation sites (tertiary alicyclic amines) is 1. The lowest BCUT2D eigenvalue weighted by atomic mass is 10.1. The van der Waals surface area contributed by atoms with Gasteiger partial charge in [0.15, 0.2) is 0 Å². The summed E-state index contributed by atoms with van der Waals surface area (Å²) in [5.74, 6) is 0.401. The molecule has 0 aromatic heterocycles. The molecule has 1 unspecified atom stereocenters. The molecule has 142 valence electrons. The van der Waals surface area contributed by atoms with Crippen LogP contribution in [0.5, 0.6) is 0 Å². The SMILES string of the molecule is Cc1ccc(SC2(C(=O)N3CCC(N4CCNCC4)C3)CCCC2)cc1. The maximum Gasteiger partial charge on any atom is 0.239 e. The molecular weight excluding hydrogens is 342 g/mol. The van der Waals surface area contributed by atoms with E-state index in [2.05, 4.69) is 46.3 Å². The Morgan fingerprint density at radius 1 is 1.12 bits per heavy atom. The summed E-state index contributed by atoms with van der Waals surface area (Å²) >= 11 is 1.82. The second kappa shape index (κ2) is 7.91. The lowest BCUT2D eigenvalue weighted by molar-refractivity contribution is -0.132. The van der Waals surface area contributed by atoms with Crippen molar-refractivity contribution in [3.8, 4) is 0 Å². The van der Waals surface area contributed by atoms with Gasteiger partial charge in [-0.15, -0.1) is 11.8 Å². The molecule has 1 aliphatic carbocycles. The van der Waals surface area contributed by atoms with Gasteiger partial charge in [0.2, 0.25) is 5.91 Å². The molecule has 1 amide bonds. The molecule has 3 fully saturated rings. The quantitative estimate of drug-likeness (QED) is 0.880. The smallest absolute Gasteiger partial charge is 0.239 e. The van der Waals surface area contributed by atoms with Crippen molar-refractivity contribution in [3.05, 3.63) is 29.8 Å². The largest absolute Gasteiger partial charge is 0.340 e. The molecule has 0 radical (unpaired) electrons. The van der Waals surface area contributed by atoms with E-state index in [1.807, 2.05) is 11.8 Å². The van der Waals surface area contributed by atoms with Gasteiger partial charge in [0.1, 0.15) is 0 Å². The fraction of sp³-hybridized carbons (Fsp3) is 0.667. The summed E-state index contributed by atoms with van der Waals surface area (Å²) in [7, 11) is 0. The lowest BCUT2D eigenvalue weighted by Crippen LogP contribution is -2.50. The van der Waals surface area contributed by atoms with Crippen LogP contribution >= 0.6 is 11.8 Å². The van der Waals surface area contributed by atoms with Gasteiger partial charge < -0.3 is 10.2 Å². The Morgan fingerprint density at radius 3 is 2.50 bits per heavy atom. The normalized spacial score (nSPS) is 26.3. The Kier molecular flexibility index (Phi) is 5.58. The maximum atomic E-state index is 13.5. The number of rotatable bonds is 4. The molecule has 1 N–H and O–H groups in total. The van der Waals surface area contributed by atoms with E-state index in [1.165, 1.54) is 23.3 Å². The molecule has 1 aromatic carbocycles. The molecule has 1 saturated carbocycles. The topological polar surface area (TPSA) is 35.6 Å². The predicted octanol–water partition coefficient (Wildman–Crippen LogP) is 2.91. The third-order valence-electron chi connectivity index (χ3n) is 6.25. The summed E-state index contributed by atoms with van der Waals surface area (Å²) in [6, 6.07) is 9.24. The molecule has 4 rings (SSSR count). The van der Waals surface area contributed by atoms with Gasteiger partial charge in [0.05, 0.1) is 4.75 Å². The number of carbonyl (C=O) groups is 1. The monoisotopic (exact) mass is 373 g/mol. The van der Waals surface area contributed by atoms with Crippen molar-refractivity contribution >= 4 is 17.7 Å². The van der Waals surface area contributed by atoms with E-state index in [0.29, 0.717) is 11.9 Å². The van der Waals surface area contributed by atoms with Gasteiger partial charge in [-0.2, -0.15) is 0 Å². The summed E-state index contributed by atoms with van der Waals surface area (Å²) in [6.45, 7) is 8.38. The molecular formula is C21H31N3OS. The highest BCUT2D eigenvalue weighted by Crippen LogP contribution is 2.47. The highest BCUT2D eigenvalue weighted by molar-refractivity contribution is 8.01. The number of thioether (sulfide) groups is 1. The summed E-state index contributed by atoms with van der Waals surface area (Å²) in [6.07, 6.45) is 5.55. The molecule has 0 spiro atoms. The van der Waals surface area contributed by atoms with Crippen LogP contribution in [-0.2, 0) is 4.79 Å². The van der Waals surface area contributed by atoms with Crippen molar-refractivity contribution < 1.29 is 4.79 Å². The minimum absolute atomic E-state index is 0.229. The fourth-order valence-corrected chi connectivity index (χ4v) is 6.13. The van der Waals surface area contributed by atoms with Crippen molar-refractivity contribution in [2.45, 2.75) is 54.7 Å². The van der Waals surface area contributed by atoms with Crippen molar-refractivity contribution in [1.29, 1.82) is 0 Å². The van der Waals surface area contributed by atoms with Crippen molar-refractivity contribution in [3.63, 3.8) is 0 Å². The van der Waals surface area contributed by atoms with Crippen LogP contribution in [0.1, 0.15) is 37.7 Å². The van der Waals surface area contributed by atoms with Crippen LogP contribution < -0.4 is 5.32 Å². The highest BCUT2D eigenvalue weighted by Gasteiger charge is 2.46. The van der Waals surface area contributed by atoms with Crippen molar-refractivity contribution in [2.24, 2.45) is 0 Å². The van der Waals surface area contributed by atoms with E-state index >= 15 is 0 Å². The molecule has 2 saturated heterocycles. The third-order valence-corrected chi connectivity index (χ3v) is 7.74. The summed E-state index contributed by atoms with van der Waals surface area (Å²) in [5.41, 5.74) is 1.28. The molecule has 4 nitrogen and oxygen atoms in total. The average molecular weight is 374 g/mol. The van der Waals surface area contributed by atoms with Gasteiger partial charge in [-0.25, -0.2) is 0 Å². The first-order valence-electron chi connectivity index (χ1n) is 10.2. The minimum Gasteiger partial charge on any atom is -0.340 e. The molecule has 2 heterocycles. The zero-order valence-corrected chi connectivity index (χ0v) is 16.7. The number of carbonyl (C=O) groups excluding carboxylic acids is 1. The van der Waals surface area contributed by atoms with E-state index in [-0.39, 0.29) is 4.75 Å². The van der Waals surface area contributed by atoms with Crippen LogP contribution in [-0.4, -0.2) is 65.8 Å². The second-order valence-corrected chi connectivity index (χ2v) is 9.55. The fourth-order valence-electron chi connectivity index (χ4n) is 4.70. The van der Waals surface area contributed by atoms with Crippen molar-refractivity contribution in [1.82, 2.24) is 15.1 Å². The molecule has 1 aromatic rings. The van der Waals surface area contributed by atoms with E-state index in [1.54, 1.807) is 0 Å². The Bertz CT molecular complexity index is 621. The number of piperazine rings is 1. The number of nitrogens with zero attached hydrogens (tertiary/aromatic N) is 2. The molecule has 26 heavy (non-hydrogen) atoms. The predicted molar refractivity (Wildman–Crippen MR) is 108 cm³/mol. The van der Waals surface area contributed by atoms with Crippen LogP contribution in [0.25, 0.3) is 0 Å². The first-order chi connectivity index (χ1) is 12.7. The number of amides is 1. The number of hydrogen-bond acceptors (Lipinski definition) is 4. The lowest BCUT2D eigenvalue weighted by Gasteiger charge is -2.34. The molecule has 5 heteroatoms. The van der Waals surface area contributed by atoms with Crippen LogP contribution in [0.15, 0.2) is 29.2 Å². The van der Waals surface area contributed by atoms with Crippen LogP contribution in [0, 0.1) is 6.92 Å². The van der Waals surface area contributed by atoms with E-state index < -0.39 is 0 Å². The van der Waals surface area contributed by atoms with Crippen LogP contribution in [0.3, 0.4) is 0 Å². The van der Waals surface area contributed by atoms with Gasteiger partial charge in [0.25, 0.3) is 0 Å². The number of nitrogens with one attached hydrogen (secondary N) is 1. The molecule has 2 aliphatic heterocycles. The Labute approximate surface area is 161 Å². The molecule has 1 atom stereocenters. The zero-order chi connectivity index (χ0) is 18.0. The Hall–Kier alpha value is -1.04. The maximum absolute atomic E-state index is 13.5.